The van der Waals surface area contributed by atoms with Crippen molar-refractivity contribution in [3.05, 3.63) is 59.3 Å². The lowest BCUT2D eigenvalue weighted by Gasteiger charge is -2.24. The van der Waals surface area contributed by atoms with Gasteiger partial charge in [-0.25, -0.2) is 4.98 Å². The first-order chi connectivity index (χ1) is 10.1. The largest absolute Gasteiger partial charge is 0.352 e. The van der Waals surface area contributed by atoms with Crippen molar-refractivity contribution in [3.63, 3.8) is 0 Å². The summed E-state index contributed by atoms with van der Waals surface area (Å²) in [5, 5.41) is 0. The number of anilines is 1. The molecule has 1 aromatic heterocycles. The Labute approximate surface area is 127 Å². The van der Waals surface area contributed by atoms with Gasteiger partial charge in [0.1, 0.15) is 5.82 Å². The molecule has 2 rings (SSSR count). The lowest BCUT2D eigenvalue weighted by molar-refractivity contribution is 0.733. The number of benzene rings is 1. The second-order valence-electron chi connectivity index (χ2n) is 5.67. The Bertz CT molecular complexity index is 564. The third kappa shape index (κ3) is 4.30. The predicted octanol–water partition coefficient (Wildman–Crippen LogP) is 3.31. The lowest BCUT2D eigenvalue weighted by Crippen LogP contribution is -2.24. The van der Waals surface area contributed by atoms with Crippen molar-refractivity contribution in [2.24, 2.45) is 5.73 Å². The Morgan fingerprint density at radius 2 is 1.90 bits per heavy atom. The van der Waals surface area contributed by atoms with E-state index in [1.165, 1.54) is 16.7 Å². The Balaban J connectivity index is 2.18. The van der Waals surface area contributed by atoms with Crippen molar-refractivity contribution < 1.29 is 0 Å². The molecule has 0 aliphatic rings. The van der Waals surface area contributed by atoms with Gasteiger partial charge in [-0.2, -0.15) is 0 Å². The van der Waals surface area contributed by atoms with Gasteiger partial charge in [-0.15, -0.1) is 0 Å². The van der Waals surface area contributed by atoms with Gasteiger partial charge in [0.15, 0.2) is 0 Å². The van der Waals surface area contributed by atoms with Gasteiger partial charge in [0.2, 0.25) is 0 Å². The van der Waals surface area contributed by atoms with E-state index >= 15 is 0 Å². The average molecular weight is 283 g/mol. The van der Waals surface area contributed by atoms with E-state index in [0.29, 0.717) is 0 Å². The van der Waals surface area contributed by atoms with Crippen LogP contribution in [0.3, 0.4) is 0 Å². The molecule has 1 heterocycles. The quantitative estimate of drug-likeness (QED) is 0.884. The predicted molar refractivity (Wildman–Crippen MR) is 89.5 cm³/mol. The summed E-state index contributed by atoms with van der Waals surface area (Å²) in [5.41, 5.74) is 9.59. The normalized spacial score (nSPS) is 12.2. The third-order valence-electron chi connectivity index (χ3n) is 3.56. The zero-order valence-corrected chi connectivity index (χ0v) is 13.2. The molecular weight excluding hydrogens is 258 g/mol. The molecule has 0 amide bonds. The second-order valence-corrected chi connectivity index (χ2v) is 5.67. The molecule has 0 radical (unpaired) electrons. The zero-order valence-electron chi connectivity index (χ0n) is 13.2. The summed E-state index contributed by atoms with van der Waals surface area (Å²) in [4.78, 5) is 6.97. The maximum absolute atomic E-state index is 5.86. The molecule has 0 aliphatic carbocycles. The van der Waals surface area contributed by atoms with E-state index in [2.05, 4.69) is 54.1 Å². The van der Waals surface area contributed by atoms with Crippen molar-refractivity contribution in [2.45, 2.75) is 39.8 Å². The van der Waals surface area contributed by atoms with Crippen LogP contribution in [-0.2, 0) is 13.0 Å². The van der Waals surface area contributed by atoms with Crippen molar-refractivity contribution in [3.8, 4) is 0 Å². The number of pyridine rings is 1. The molecule has 1 aromatic carbocycles. The highest BCUT2D eigenvalue weighted by atomic mass is 15.2. The van der Waals surface area contributed by atoms with Crippen LogP contribution >= 0.6 is 0 Å². The lowest BCUT2D eigenvalue weighted by atomic mass is 10.1. The fourth-order valence-corrected chi connectivity index (χ4v) is 2.58. The van der Waals surface area contributed by atoms with Gasteiger partial charge in [-0.3, -0.25) is 0 Å². The van der Waals surface area contributed by atoms with Gasteiger partial charge in [0.05, 0.1) is 0 Å². The zero-order chi connectivity index (χ0) is 15.2. The Morgan fingerprint density at radius 1 is 1.19 bits per heavy atom. The first kappa shape index (κ1) is 15.5. The fourth-order valence-electron chi connectivity index (χ4n) is 2.58. The van der Waals surface area contributed by atoms with E-state index in [-0.39, 0.29) is 6.04 Å². The maximum atomic E-state index is 5.86. The molecule has 1 unspecified atom stereocenters. The van der Waals surface area contributed by atoms with Crippen LogP contribution < -0.4 is 10.6 Å². The van der Waals surface area contributed by atoms with Gasteiger partial charge in [-0.05, 0) is 43.9 Å². The average Bonchev–Trinajstić information content (AvgIpc) is 2.46. The number of aromatic nitrogens is 1. The van der Waals surface area contributed by atoms with Crippen molar-refractivity contribution in [1.82, 2.24) is 4.98 Å². The second kappa shape index (κ2) is 7.23. The summed E-state index contributed by atoms with van der Waals surface area (Å²) < 4.78 is 0. The van der Waals surface area contributed by atoms with Crippen molar-refractivity contribution in [2.75, 3.05) is 11.4 Å². The molecule has 0 saturated carbocycles. The molecule has 3 heteroatoms. The summed E-state index contributed by atoms with van der Waals surface area (Å²) in [6.45, 7) is 8.14. The molecular formula is C18H25N3. The van der Waals surface area contributed by atoms with Crippen LogP contribution in [0.2, 0.25) is 0 Å². The van der Waals surface area contributed by atoms with Gasteiger partial charge >= 0.3 is 0 Å². The van der Waals surface area contributed by atoms with E-state index in [0.717, 1.165) is 25.3 Å². The number of hydrogen-bond donors (Lipinski definition) is 1. The van der Waals surface area contributed by atoms with Gasteiger partial charge in [-0.1, -0.05) is 36.4 Å². The molecule has 0 aliphatic heterocycles. The van der Waals surface area contributed by atoms with Crippen LogP contribution in [0, 0.1) is 6.92 Å². The number of nitrogens with zero attached hydrogens (tertiary/aromatic N) is 2. The molecule has 0 saturated heterocycles. The number of aryl methyl sites for hydroxylation is 1. The number of rotatable bonds is 6. The van der Waals surface area contributed by atoms with Crippen LogP contribution in [0.4, 0.5) is 5.82 Å². The van der Waals surface area contributed by atoms with E-state index in [1.54, 1.807) is 0 Å². The Kier molecular flexibility index (Phi) is 5.34. The molecule has 1 atom stereocenters. The molecule has 0 fully saturated rings. The van der Waals surface area contributed by atoms with Crippen molar-refractivity contribution in [1.29, 1.82) is 0 Å². The molecule has 112 valence electrons. The molecule has 2 aromatic rings. The standard InChI is InChI=1S/C18H25N3/c1-4-21(13-16-8-6-5-7-9-16)18-14(2)10-17(12-20-18)11-15(3)19/h5-10,12,15H,4,11,13,19H2,1-3H3. The molecule has 0 spiro atoms. The summed E-state index contributed by atoms with van der Waals surface area (Å²) in [6.07, 6.45) is 2.83. The monoisotopic (exact) mass is 283 g/mol. The first-order valence-corrected chi connectivity index (χ1v) is 7.60. The minimum atomic E-state index is 0.170. The maximum Gasteiger partial charge on any atom is 0.131 e. The van der Waals surface area contributed by atoms with Crippen molar-refractivity contribution >= 4 is 5.82 Å². The topological polar surface area (TPSA) is 42.2 Å². The van der Waals surface area contributed by atoms with Gasteiger partial charge in [0, 0.05) is 25.3 Å². The fraction of sp³-hybridized carbons (Fsp3) is 0.389. The summed E-state index contributed by atoms with van der Waals surface area (Å²) in [7, 11) is 0. The molecule has 3 nitrogen and oxygen atoms in total. The highest BCUT2D eigenvalue weighted by Crippen LogP contribution is 2.20. The number of hydrogen-bond acceptors (Lipinski definition) is 3. The SMILES string of the molecule is CCN(Cc1ccccc1)c1ncc(CC(C)N)cc1C. The summed E-state index contributed by atoms with van der Waals surface area (Å²) >= 11 is 0. The van der Waals surface area contributed by atoms with Crippen LogP contribution in [0.25, 0.3) is 0 Å². The van der Waals surface area contributed by atoms with Gasteiger partial charge in [0.25, 0.3) is 0 Å². The summed E-state index contributed by atoms with van der Waals surface area (Å²) in [6, 6.07) is 12.9. The van der Waals surface area contributed by atoms with Crippen LogP contribution in [-0.4, -0.2) is 17.6 Å². The minimum Gasteiger partial charge on any atom is -0.352 e. The van der Waals surface area contributed by atoms with Crippen LogP contribution in [0.15, 0.2) is 42.6 Å². The Morgan fingerprint density at radius 3 is 2.48 bits per heavy atom. The molecule has 2 N–H and O–H groups in total. The Hall–Kier alpha value is -1.87. The van der Waals surface area contributed by atoms with E-state index in [4.69, 9.17) is 5.73 Å². The highest BCUT2D eigenvalue weighted by Gasteiger charge is 2.11. The van der Waals surface area contributed by atoms with Gasteiger partial charge < -0.3 is 10.6 Å². The van der Waals surface area contributed by atoms with E-state index in [9.17, 15) is 0 Å². The molecule has 21 heavy (non-hydrogen) atoms. The molecule has 0 bridgehead atoms. The summed E-state index contributed by atoms with van der Waals surface area (Å²) in [5.74, 6) is 1.06. The minimum absolute atomic E-state index is 0.170. The first-order valence-electron chi connectivity index (χ1n) is 7.60. The van der Waals surface area contributed by atoms with Crippen LogP contribution in [0.5, 0.6) is 0 Å². The smallest absolute Gasteiger partial charge is 0.131 e. The third-order valence-corrected chi connectivity index (χ3v) is 3.56. The van der Waals surface area contributed by atoms with E-state index in [1.807, 2.05) is 19.2 Å². The van der Waals surface area contributed by atoms with Crippen LogP contribution in [0.1, 0.15) is 30.5 Å². The number of nitrogens with two attached hydrogens (primary N) is 1. The highest BCUT2D eigenvalue weighted by molar-refractivity contribution is 5.48. The van der Waals surface area contributed by atoms with E-state index < -0.39 is 0 Å².